The molecule has 2 atom stereocenters. The Bertz CT molecular complexity index is 1680. The van der Waals surface area contributed by atoms with Crippen molar-refractivity contribution in [1.29, 1.82) is 0 Å². The molecule has 1 aromatic heterocycles. The van der Waals surface area contributed by atoms with Gasteiger partial charge in [-0.3, -0.25) is 19.4 Å². The van der Waals surface area contributed by atoms with Crippen LogP contribution in [0.5, 0.6) is 0 Å². The third-order valence-electron chi connectivity index (χ3n) is 8.51. The van der Waals surface area contributed by atoms with Gasteiger partial charge in [0.05, 0.1) is 16.9 Å². The maximum Gasteiger partial charge on any atom is 0.416 e. The number of para-hydroxylation sites is 1. The van der Waals surface area contributed by atoms with E-state index in [-0.39, 0.29) is 12.1 Å². The van der Waals surface area contributed by atoms with Gasteiger partial charge in [-0.2, -0.15) is 18.3 Å². The van der Waals surface area contributed by atoms with E-state index >= 15 is 0 Å². The zero-order chi connectivity index (χ0) is 31.7. The molecular weight excluding hydrogens is 586 g/mol. The molecular formula is C34H33F4N5O2. The summed E-state index contributed by atoms with van der Waals surface area (Å²) in [6.45, 7) is 4.35. The fraction of sp³-hybridized carbons (Fsp3) is 0.324. The summed E-state index contributed by atoms with van der Waals surface area (Å²) in [6.07, 6.45) is -1.39. The molecule has 0 saturated carbocycles. The molecule has 1 fully saturated rings. The van der Waals surface area contributed by atoms with Crippen LogP contribution in [0.2, 0.25) is 0 Å². The maximum absolute atomic E-state index is 14.4. The molecule has 1 saturated heterocycles. The smallest absolute Gasteiger partial charge is 0.339 e. The Morgan fingerprint density at radius 3 is 2.33 bits per heavy atom. The molecule has 2 amide bonds. The zero-order valence-electron chi connectivity index (χ0n) is 24.7. The Morgan fingerprint density at radius 1 is 0.956 bits per heavy atom. The van der Waals surface area contributed by atoms with Gasteiger partial charge in [0.25, 0.3) is 11.8 Å². The monoisotopic (exact) mass is 619 g/mol. The lowest BCUT2D eigenvalue weighted by Gasteiger charge is -2.39. The van der Waals surface area contributed by atoms with E-state index in [9.17, 15) is 27.2 Å². The predicted octanol–water partition coefficient (Wildman–Crippen LogP) is 6.31. The number of likely N-dealkylation sites (N-methyl/N-ethyl adjacent to an activating group) is 1. The quantitative estimate of drug-likeness (QED) is 0.246. The van der Waals surface area contributed by atoms with Gasteiger partial charge in [0.15, 0.2) is 0 Å². The van der Waals surface area contributed by atoms with Crippen LogP contribution in [-0.4, -0.2) is 52.2 Å². The summed E-state index contributed by atoms with van der Waals surface area (Å²) in [7, 11) is 0. The van der Waals surface area contributed by atoms with Crippen molar-refractivity contribution in [3.05, 3.63) is 113 Å². The van der Waals surface area contributed by atoms with E-state index in [1.54, 1.807) is 21.7 Å². The van der Waals surface area contributed by atoms with Crippen LogP contribution in [0.3, 0.4) is 0 Å². The van der Waals surface area contributed by atoms with E-state index in [4.69, 9.17) is 5.10 Å². The molecule has 0 aliphatic carbocycles. The van der Waals surface area contributed by atoms with Crippen molar-refractivity contribution in [3.63, 3.8) is 0 Å². The Morgan fingerprint density at radius 2 is 1.67 bits per heavy atom. The third kappa shape index (κ3) is 6.09. The number of carbonyl (C=O) groups is 2. The third-order valence-corrected chi connectivity index (χ3v) is 8.51. The summed E-state index contributed by atoms with van der Waals surface area (Å²) in [5.74, 6) is -1.96. The molecule has 1 N–H and O–H groups in total. The fourth-order valence-electron chi connectivity index (χ4n) is 6.36. The van der Waals surface area contributed by atoms with Crippen molar-refractivity contribution in [1.82, 2.24) is 20.0 Å². The van der Waals surface area contributed by atoms with Crippen LogP contribution in [0.15, 0.2) is 78.9 Å². The first kappa shape index (κ1) is 30.5. The molecule has 6 rings (SSSR count). The fourth-order valence-corrected chi connectivity index (χ4v) is 6.36. The van der Waals surface area contributed by atoms with E-state index in [0.717, 1.165) is 56.2 Å². The standard InChI is InChI=1S/C34H33F4N5O2/c1-2-42-32-29(27(21-41-18-7-4-8-19-41)40-43(32)26-12-5-3-6-13-26)28(22-14-16-25(35)17-15-22)30(33(42)45)39-31(44)23-10-9-11-24(20-23)34(36,37)38/h3,5-6,9-17,20,28,30H,2,4,7-8,18-19,21H2,1H3,(H,39,44). The van der Waals surface area contributed by atoms with Crippen molar-refractivity contribution in [2.75, 3.05) is 24.5 Å². The van der Waals surface area contributed by atoms with Gasteiger partial charge in [-0.05, 0) is 80.9 Å². The van der Waals surface area contributed by atoms with Crippen molar-refractivity contribution in [3.8, 4) is 5.69 Å². The zero-order valence-corrected chi connectivity index (χ0v) is 24.7. The number of likely N-dealkylation sites (tertiary alicyclic amines) is 1. The topological polar surface area (TPSA) is 70.5 Å². The van der Waals surface area contributed by atoms with Gasteiger partial charge in [-0.15, -0.1) is 0 Å². The summed E-state index contributed by atoms with van der Waals surface area (Å²) >= 11 is 0. The molecule has 4 aromatic rings. The molecule has 3 heterocycles. The highest BCUT2D eigenvalue weighted by molar-refractivity contribution is 6.05. The van der Waals surface area contributed by atoms with Gasteiger partial charge in [0, 0.05) is 30.1 Å². The second-order valence-corrected chi connectivity index (χ2v) is 11.4. The van der Waals surface area contributed by atoms with Crippen LogP contribution in [0.4, 0.5) is 23.4 Å². The minimum absolute atomic E-state index is 0.224. The van der Waals surface area contributed by atoms with Crippen LogP contribution < -0.4 is 10.2 Å². The average molecular weight is 620 g/mol. The van der Waals surface area contributed by atoms with Crippen LogP contribution in [0.25, 0.3) is 5.69 Å². The number of aromatic nitrogens is 2. The molecule has 45 heavy (non-hydrogen) atoms. The number of halogens is 4. The van der Waals surface area contributed by atoms with E-state index in [1.807, 2.05) is 37.3 Å². The lowest BCUT2D eigenvalue weighted by Crippen LogP contribution is -2.55. The summed E-state index contributed by atoms with van der Waals surface area (Å²) < 4.78 is 56.3. The largest absolute Gasteiger partial charge is 0.416 e. The summed E-state index contributed by atoms with van der Waals surface area (Å²) in [5, 5.41) is 7.83. The van der Waals surface area contributed by atoms with Crippen molar-refractivity contribution in [2.24, 2.45) is 0 Å². The minimum atomic E-state index is -4.64. The Balaban J connectivity index is 1.52. The molecule has 11 heteroatoms. The molecule has 3 aromatic carbocycles. The highest BCUT2D eigenvalue weighted by Crippen LogP contribution is 2.44. The van der Waals surface area contributed by atoms with Gasteiger partial charge < -0.3 is 5.32 Å². The summed E-state index contributed by atoms with van der Waals surface area (Å²) in [5.41, 5.74) is 1.56. The number of nitrogens with one attached hydrogen (secondary N) is 1. The Hall–Kier alpha value is -4.51. The second-order valence-electron chi connectivity index (χ2n) is 11.4. The van der Waals surface area contributed by atoms with E-state index < -0.39 is 41.3 Å². The Kier molecular flexibility index (Phi) is 8.46. The van der Waals surface area contributed by atoms with Crippen LogP contribution in [-0.2, 0) is 17.5 Å². The maximum atomic E-state index is 14.4. The normalized spacial score (nSPS) is 19.0. The predicted molar refractivity (Wildman–Crippen MR) is 162 cm³/mol. The SMILES string of the molecule is CCN1C(=O)C(NC(=O)c2cccc(C(F)(F)F)c2)C(c2ccc(F)cc2)c2c(CN3CCCCC3)nn(-c3ccccc3)c21. The number of hydrogen-bond acceptors (Lipinski definition) is 4. The van der Waals surface area contributed by atoms with Crippen LogP contribution in [0, 0.1) is 5.82 Å². The van der Waals surface area contributed by atoms with Crippen molar-refractivity contribution >= 4 is 17.6 Å². The second kappa shape index (κ2) is 12.5. The molecule has 234 valence electrons. The van der Waals surface area contributed by atoms with Crippen molar-refractivity contribution in [2.45, 2.75) is 50.9 Å². The van der Waals surface area contributed by atoms with Crippen molar-refractivity contribution < 1.29 is 27.2 Å². The van der Waals surface area contributed by atoms with Gasteiger partial charge in [0.1, 0.15) is 17.7 Å². The highest BCUT2D eigenvalue weighted by Gasteiger charge is 2.46. The molecule has 2 unspecified atom stereocenters. The Labute approximate surface area is 258 Å². The van der Waals surface area contributed by atoms with Crippen LogP contribution >= 0.6 is 0 Å². The summed E-state index contributed by atoms with van der Waals surface area (Å²) in [4.78, 5) is 31.8. The lowest BCUT2D eigenvalue weighted by atomic mass is 9.80. The molecule has 2 aliphatic heterocycles. The lowest BCUT2D eigenvalue weighted by molar-refractivity contribution is -0.137. The number of nitrogens with zero attached hydrogens (tertiary/aromatic N) is 4. The molecule has 0 radical (unpaired) electrons. The average Bonchev–Trinajstić information content (AvgIpc) is 3.40. The van der Waals surface area contributed by atoms with Gasteiger partial charge in [0.2, 0.25) is 0 Å². The van der Waals surface area contributed by atoms with Gasteiger partial charge >= 0.3 is 6.18 Å². The van der Waals surface area contributed by atoms with E-state index in [2.05, 4.69) is 10.2 Å². The minimum Gasteiger partial charge on any atom is -0.339 e. The number of piperidine rings is 1. The number of alkyl halides is 3. The number of benzene rings is 3. The van der Waals surface area contributed by atoms with E-state index in [0.29, 0.717) is 29.2 Å². The first-order valence-electron chi connectivity index (χ1n) is 15.1. The molecule has 0 bridgehead atoms. The number of amides is 2. The number of carbonyl (C=O) groups excluding carboxylic acids is 2. The number of rotatable bonds is 7. The summed E-state index contributed by atoms with van der Waals surface area (Å²) in [6, 6.07) is 18.1. The van der Waals surface area contributed by atoms with Crippen LogP contribution in [0.1, 0.15) is 64.8 Å². The van der Waals surface area contributed by atoms with E-state index in [1.165, 1.54) is 18.2 Å². The van der Waals surface area contributed by atoms with Gasteiger partial charge in [-0.25, -0.2) is 9.07 Å². The molecule has 2 aliphatic rings. The van der Waals surface area contributed by atoms with Gasteiger partial charge in [-0.1, -0.05) is 42.8 Å². The molecule has 7 nitrogen and oxygen atoms in total. The first-order valence-corrected chi connectivity index (χ1v) is 15.1. The molecule has 0 spiro atoms. The first-order chi connectivity index (χ1) is 21.7. The number of anilines is 1. The highest BCUT2D eigenvalue weighted by atomic mass is 19.4. The number of hydrogen-bond donors (Lipinski definition) is 1. The number of fused-ring (bicyclic) bond motifs is 1.